The van der Waals surface area contributed by atoms with Crippen LogP contribution in [-0.4, -0.2) is 17.5 Å². The third-order valence-electron chi connectivity index (χ3n) is 2.41. The van der Waals surface area contributed by atoms with Crippen molar-refractivity contribution in [1.82, 2.24) is 0 Å². The van der Waals surface area contributed by atoms with Crippen LogP contribution in [0.2, 0.25) is 0 Å². The smallest absolute Gasteiger partial charge is 0.310 e. The van der Waals surface area contributed by atoms with Crippen molar-refractivity contribution in [3.05, 3.63) is 38.9 Å². The molecule has 0 spiro atoms. The third kappa shape index (κ3) is 3.66. The second-order valence-corrected chi connectivity index (χ2v) is 3.89. The van der Waals surface area contributed by atoms with Gasteiger partial charge in [-0.25, -0.2) is 0 Å². The van der Waals surface area contributed by atoms with Gasteiger partial charge in [-0.05, 0) is 18.6 Å². The molecule has 0 aromatic heterocycles. The van der Waals surface area contributed by atoms with Crippen molar-refractivity contribution in [1.29, 1.82) is 5.26 Å². The summed E-state index contributed by atoms with van der Waals surface area (Å²) in [4.78, 5) is 21.6. The minimum Gasteiger partial charge on any atom is -0.466 e. The number of rotatable bonds is 5. The van der Waals surface area contributed by atoms with Crippen LogP contribution in [0, 0.1) is 21.4 Å². The number of hydrogen-bond donors (Lipinski definition) is 0. The summed E-state index contributed by atoms with van der Waals surface area (Å²) in [6, 6.07) is 4.37. The highest BCUT2D eigenvalue weighted by molar-refractivity contribution is 6.17. The van der Waals surface area contributed by atoms with Crippen molar-refractivity contribution in [3.8, 4) is 6.07 Å². The molecule has 0 atom stereocenters. The number of alkyl halides is 1. The quantitative estimate of drug-likeness (QED) is 0.357. The van der Waals surface area contributed by atoms with Crippen LogP contribution in [0.25, 0.3) is 0 Å². The maximum atomic E-state index is 11.4. The Labute approximate surface area is 114 Å². The first-order chi connectivity index (χ1) is 9.03. The molecule has 0 saturated carbocycles. The molecule has 0 amide bonds. The predicted octanol–water partition coefficient (Wildman–Crippen LogP) is 2.31. The topological polar surface area (TPSA) is 93.2 Å². The zero-order valence-electron chi connectivity index (χ0n) is 10.2. The molecule has 0 radical (unpaired) electrons. The Hall–Kier alpha value is -2.13. The fourth-order valence-corrected chi connectivity index (χ4v) is 1.79. The lowest BCUT2D eigenvalue weighted by Gasteiger charge is -2.07. The van der Waals surface area contributed by atoms with Crippen LogP contribution < -0.4 is 0 Å². The first-order valence-electron chi connectivity index (χ1n) is 5.45. The molecule has 0 fully saturated rings. The van der Waals surface area contributed by atoms with Crippen molar-refractivity contribution in [2.45, 2.75) is 19.2 Å². The van der Waals surface area contributed by atoms with Gasteiger partial charge in [0.15, 0.2) is 0 Å². The van der Waals surface area contributed by atoms with Gasteiger partial charge in [0, 0.05) is 11.6 Å². The molecular weight excluding hydrogens is 272 g/mol. The summed E-state index contributed by atoms with van der Waals surface area (Å²) in [5.74, 6) is -0.564. The average molecular weight is 283 g/mol. The van der Waals surface area contributed by atoms with Gasteiger partial charge >= 0.3 is 5.97 Å². The van der Waals surface area contributed by atoms with Crippen LogP contribution >= 0.6 is 11.6 Å². The van der Waals surface area contributed by atoms with Crippen molar-refractivity contribution >= 4 is 23.3 Å². The molecule has 0 aliphatic heterocycles. The Bertz CT molecular complexity index is 551. The van der Waals surface area contributed by atoms with Crippen molar-refractivity contribution in [2.75, 3.05) is 6.61 Å². The summed E-state index contributed by atoms with van der Waals surface area (Å²) < 4.78 is 4.78. The van der Waals surface area contributed by atoms with Gasteiger partial charge in [-0.15, -0.1) is 11.6 Å². The molecule has 0 saturated heterocycles. The molecule has 0 N–H and O–H groups in total. The zero-order chi connectivity index (χ0) is 14.4. The monoisotopic (exact) mass is 282 g/mol. The number of halogens is 1. The Kier molecular flexibility index (Phi) is 5.27. The maximum Gasteiger partial charge on any atom is 0.310 e. The summed E-state index contributed by atoms with van der Waals surface area (Å²) in [5.41, 5.74) is 0.500. The Balaban J connectivity index is 3.21. The number of nitro groups is 1. The van der Waals surface area contributed by atoms with Crippen molar-refractivity contribution in [2.24, 2.45) is 0 Å². The van der Waals surface area contributed by atoms with E-state index in [1.165, 1.54) is 6.07 Å². The van der Waals surface area contributed by atoms with Gasteiger partial charge in [0.05, 0.1) is 35.5 Å². The highest BCUT2D eigenvalue weighted by Gasteiger charge is 2.19. The number of nitriles is 1. The Morgan fingerprint density at radius 2 is 2.21 bits per heavy atom. The number of nitro benzene ring substituents is 1. The second-order valence-electron chi connectivity index (χ2n) is 3.62. The van der Waals surface area contributed by atoms with Gasteiger partial charge in [0.2, 0.25) is 0 Å². The zero-order valence-corrected chi connectivity index (χ0v) is 10.9. The number of esters is 1. The van der Waals surface area contributed by atoms with E-state index in [0.29, 0.717) is 5.56 Å². The summed E-state index contributed by atoms with van der Waals surface area (Å²) in [6.07, 6.45) is -0.112. The van der Waals surface area contributed by atoms with E-state index < -0.39 is 10.9 Å². The number of benzene rings is 1. The first-order valence-corrected chi connectivity index (χ1v) is 5.98. The van der Waals surface area contributed by atoms with Crippen LogP contribution in [-0.2, 0) is 21.8 Å². The highest BCUT2D eigenvalue weighted by atomic mass is 35.5. The van der Waals surface area contributed by atoms with E-state index in [4.69, 9.17) is 21.6 Å². The lowest BCUT2D eigenvalue weighted by atomic mass is 10.0. The summed E-state index contributed by atoms with van der Waals surface area (Å²) in [7, 11) is 0. The minimum atomic E-state index is -0.604. The van der Waals surface area contributed by atoms with E-state index in [9.17, 15) is 14.9 Å². The van der Waals surface area contributed by atoms with Gasteiger partial charge in [-0.3, -0.25) is 14.9 Å². The van der Waals surface area contributed by atoms with Crippen molar-refractivity contribution in [3.63, 3.8) is 0 Å². The maximum absolute atomic E-state index is 11.4. The van der Waals surface area contributed by atoms with Gasteiger partial charge in [0.25, 0.3) is 5.69 Å². The fraction of sp³-hybridized carbons (Fsp3) is 0.333. The minimum absolute atomic E-state index is 0.0716. The largest absolute Gasteiger partial charge is 0.466 e. The molecule has 7 heteroatoms. The molecule has 0 bridgehead atoms. The Morgan fingerprint density at radius 1 is 1.53 bits per heavy atom. The molecule has 0 aliphatic carbocycles. The number of nitrogens with zero attached hydrogens (tertiary/aromatic N) is 2. The van der Waals surface area contributed by atoms with Crippen LogP contribution in [0.1, 0.15) is 23.6 Å². The SMILES string of the molecule is CCOC(=O)Cc1cc(CCl)c([N+](=O)[O-])cc1C#N. The predicted molar refractivity (Wildman–Crippen MR) is 67.7 cm³/mol. The Morgan fingerprint density at radius 3 is 2.68 bits per heavy atom. The molecule has 0 heterocycles. The fourth-order valence-electron chi connectivity index (χ4n) is 1.58. The molecule has 1 rings (SSSR count). The van der Waals surface area contributed by atoms with Gasteiger partial charge < -0.3 is 4.74 Å². The summed E-state index contributed by atoms with van der Waals surface area (Å²) in [5, 5.41) is 19.8. The first kappa shape index (κ1) is 14.9. The lowest BCUT2D eigenvalue weighted by Crippen LogP contribution is -2.09. The highest BCUT2D eigenvalue weighted by Crippen LogP contribution is 2.25. The molecule has 19 heavy (non-hydrogen) atoms. The van der Waals surface area contributed by atoms with E-state index in [1.807, 2.05) is 6.07 Å². The number of carbonyl (C=O) groups is 1. The molecule has 1 aromatic rings. The van der Waals surface area contributed by atoms with E-state index in [1.54, 1.807) is 6.92 Å². The molecule has 0 unspecified atom stereocenters. The lowest BCUT2D eigenvalue weighted by molar-refractivity contribution is -0.385. The number of ether oxygens (including phenoxy) is 1. The molecule has 1 aromatic carbocycles. The van der Waals surface area contributed by atoms with Gasteiger partial charge in [-0.2, -0.15) is 5.26 Å². The van der Waals surface area contributed by atoms with Crippen LogP contribution in [0.15, 0.2) is 12.1 Å². The van der Waals surface area contributed by atoms with E-state index in [2.05, 4.69) is 0 Å². The normalized spacial score (nSPS) is 9.74. The molecule has 0 aliphatic rings. The molecule has 100 valence electrons. The molecule has 6 nitrogen and oxygen atoms in total. The summed E-state index contributed by atoms with van der Waals surface area (Å²) in [6.45, 7) is 1.90. The number of hydrogen-bond acceptors (Lipinski definition) is 5. The standard InChI is InChI=1S/C12H11ClN2O4/c1-2-19-12(16)5-8-3-9(6-13)11(15(17)18)4-10(8)7-14/h3-4H,2,5-6H2,1H3. The van der Waals surface area contributed by atoms with Crippen LogP contribution in [0.5, 0.6) is 0 Å². The van der Waals surface area contributed by atoms with E-state index >= 15 is 0 Å². The van der Waals surface area contributed by atoms with Crippen LogP contribution in [0.4, 0.5) is 5.69 Å². The van der Waals surface area contributed by atoms with Crippen LogP contribution in [0.3, 0.4) is 0 Å². The van der Waals surface area contributed by atoms with Gasteiger partial charge in [0.1, 0.15) is 0 Å². The number of carbonyl (C=O) groups excluding carboxylic acids is 1. The second kappa shape index (κ2) is 6.71. The van der Waals surface area contributed by atoms with E-state index in [-0.39, 0.29) is 35.7 Å². The van der Waals surface area contributed by atoms with Crippen molar-refractivity contribution < 1.29 is 14.5 Å². The van der Waals surface area contributed by atoms with Gasteiger partial charge in [-0.1, -0.05) is 0 Å². The summed E-state index contributed by atoms with van der Waals surface area (Å²) >= 11 is 5.64. The van der Waals surface area contributed by atoms with E-state index in [0.717, 1.165) is 6.07 Å². The third-order valence-corrected chi connectivity index (χ3v) is 2.69. The molecular formula is C12H11ClN2O4. The average Bonchev–Trinajstić information content (AvgIpc) is 2.38.